The summed E-state index contributed by atoms with van der Waals surface area (Å²) in [5.41, 5.74) is 9.37. The Morgan fingerprint density at radius 3 is 1.43 bits per heavy atom. The van der Waals surface area contributed by atoms with Crippen LogP contribution in [0.2, 0.25) is 0 Å². The van der Waals surface area contributed by atoms with Crippen LogP contribution in [0.1, 0.15) is 6.92 Å². The van der Waals surface area contributed by atoms with Gasteiger partial charge >= 0.3 is 0 Å². The summed E-state index contributed by atoms with van der Waals surface area (Å²) in [6, 6.07) is 57.0. The Morgan fingerprint density at radius 1 is 0.449 bits per heavy atom. The van der Waals surface area contributed by atoms with Gasteiger partial charge in [0.05, 0.1) is 11.4 Å². The van der Waals surface area contributed by atoms with Crippen molar-refractivity contribution in [1.82, 2.24) is 9.97 Å². The highest BCUT2D eigenvalue weighted by Gasteiger charge is 2.20. The maximum atomic E-state index is 13.5. The zero-order chi connectivity index (χ0) is 33.4. The summed E-state index contributed by atoms with van der Waals surface area (Å²) < 4.78 is 13.5. The van der Waals surface area contributed by atoms with Crippen molar-refractivity contribution in [3.05, 3.63) is 164 Å². The first-order chi connectivity index (χ1) is 24.0. The molecule has 1 atom stereocenters. The summed E-state index contributed by atoms with van der Waals surface area (Å²) in [7, 11) is -2.44. The van der Waals surface area contributed by atoms with Crippen molar-refractivity contribution in [1.29, 1.82) is 0 Å². The first-order valence-corrected chi connectivity index (χ1v) is 19.1. The molecule has 49 heavy (non-hydrogen) atoms. The normalized spacial score (nSPS) is 12.6. The fourth-order valence-corrected chi connectivity index (χ4v) is 7.97. The van der Waals surface area contributed by atoms with Gasteiger partial charge in [-0.15, -0.1) is 0 Å². The fraction of sp³-hybridized carbons (Fsp3) is 0.0667. The number of benzene rings is 7. The van der Waals surface area contributed by atoms with E-state index in [0.29, 0.717) is 12.0 Å². The van der Waals surface area contributed by atoms with Crippen LogP contribution in [0.15, 0.2) is 164 Å². The fourth-order valence-electron chi connectivity index (χ4n) is 6.79. The third kappa shape index (κ3) is 5.77. The first kappa shape index (κ1) is 30.7. The molecule has 3 nitrogen and oxygen atoms in total. The minimum atomic E-state index is -2.44. The number of nitrogens with zero attached hydrogens (tertiary/aromatic N) is 2. The van der Waals surface area contributed by atoms with E-state index in [9.17, 15) is 4.57 Å². The van der Waals surface area contributed by atoms with E-state index in [0.717, 1.165) is 44.5 Å². The molecular weight excluding hydrogens is 615 g/mol. The van der Waals surface area contributed by atoms with Crippen LogP contribution in [0.25, 0.3) is 77.7 Å². The van der Waals surface area contributed by atoms with E-state index in [1.807, 2.05) is 62.1 Å². The number of hydrogen-bond donors (Lipinski definition) is 0. The van der Waals surface area contributed by atoms with Crippen LogP contribution >= 0.6 is 7.14 Å². The molecule has 0 aliphatic rings. The topological polar surface area (TPSA) is 42.9 Å². The van der Waals surface area contributed by atoms with E-state index in [1.165, 1.54) is 32.7 Å². The van der Waals surface area contributed by atoms with Gasteiger partial charge < -0.3 is 4.57 Å². The molecule has 8 aromatic rings. The highest BCUT2D eigenvalue weighted by atomic mass is 31.2. The summed E-state index contributed by atoms with van der Waals surface area (Å²) in [5, 5.41) is 5.60. The van der Waals surface area contributed by atoms with Crippen LogP contribution in [0.5, 0.6) is 0 Å². The summed E-state index contributed by atoms with van der Waals surface area (Å²) in [6.07, 6.45) is 0.638. The summed E-state index contributed by atoms with van der Waals surface area (Å²) in [4.78, 5) is 10.1. The van der Waals surface area contributed by atoms with Crippen LogP contribution in [-0.4, -0.2) is 22.8 Å². The molecule has 0 radical (unpaired) electrons. The first-order valence-electron chi connectivity index (χ1n) is 16.7. The van der Waals surface area contributed by atoms with Crippen LogP contribution < -0.4 is 5.30 Å². The Labute approximate surface area is 287 Å². The van der Waals surface area contributed by atoms with Crippen molar-refractivity contribution in [2.24, 2.45) is 0 Å². The van der Waals surface area contributed by atoms with Gasteiger partial charge in [-0.05, 0) is 68.7 Å². The lowest BCUT2D eigenvalue weighted by Gasteiger charge is -2.19. The largest absolute Gasteiger partial charge is 0.319 e. The lowest BCUT2D eigenvalue weighted by atomic mass is 9.85. The quantitative estimate of drug-likeness (QED) is 0.127. The van der Waals surface area contributed by atoms with Crippen LogP contribution in [0, 0.1) is 0 Å². The second-order valence-electron chi connectivity index (χ2n) is 12.6. The molecule has 7 aromatic carbocycles. The van der Waals surface area contributed by atoms with Crippen molar-refractivity contribution in [3.63, 3.8) is 0 Å². The molecule has 8 rings (SSSR count). The van der Waals surface area contributed by atoms with Gasteiger partial charge in [-0.1, -0.05) is 153 Å². The van der Waals surface area contributed by atoms with E-state index in [2.05, 4.69) is 115 Å². The van der Waals surface area contributed by atoms with Gasteiger partial charge in [0.15, 0.2) is 5.82 Å². The van der Waals surface area contributed by atoms with E-state index < -0.39 is 7.14 Å². The number of rotatable bonds is 7. The highest BCUT2D eigenvalue weighted by Crippen LogP contribution is 2.45. The molecule has 0 saturated carbocycles. The van der Waals surface area contributed by atoms with Crippen molar-refractivity contribution >= 4 is 34.0 Å². The Kier molecular flexibility index (Phi) is 7.99. The summed E-state index contributed by atoms with van der Waals surface area (Å²) in [6.45, 7) is 3.90. The Morgan fingerprint density at radius 2 is 0.878 bits per heavy atom. The van der Waals surface area contributed by atoms with Gasteiger partial charge in [-0.2, -0.15) is 0 Å². The third-order valence-electron chi connectivity index (χ3n) is 9.49. The van der Waals surface area contributed by atoms with Crippen molar-refractivity contribution in [2.75, 3.05) is 12.8 Å². The third-order valence-corrected chi connectivity index (χ3v) is 12.1. The molecule has 1 unspecified atom stereocenters. The maximum absolute atomic E-state index is 13.5. The zero-order valence-electron chi connectivity index (χ0n) is 27.5. The van der Waals surface area contributed by atoms with Gasteiger partial charge in [0.1, 0.15) is 7.14 Å². The molecule has 0 aliphatic carbocycles. The van der Waals surface area contributed by atoms with Crippen LogP contribution in [0.3, 0.4) is 0 Å². The van der Waals surface area contributed by atoms with Gasteiger partial charge in [0.25, 0.3) is 0 Å². The molecule has 0 saturated heterocycles. The van der Waals surface area contributed by atoms with Gasteiger partial charge in [0.2, 0.25) is 0 Å². The summed E-state index contributed by atoms with van der Waals surface area (Å²) in [5.74, 6) is 0.699. The number of fused-ring (bicyclic) bond motifs is 2. The van der Waals surface area contributed by atoms with Gasteiger partial charge in [-0.3, -0.25) is 0 Å². The zero-order valence-corrected chi connectivity index (χ0v) is 28.4. The monoisotopic (exact) mass is 650 g/mol. The molecule has 0 fully saturated rings. The summed E-state index contributed by atoms with van der Waals surface area (Å²) >= 11 is 0. The van der Waals surface area contributed by atoms with Gasteiger partial charge in [0, 0.05) is 28.2 Å². The molecule has 0 N–H and O–H groups in total. The van der Waals surface area contributed by atoms with E-state index in [4.69, 9.17) is 9.97 Å². The molecule has 0 amide bonds. The van der Waals surface area contributed by atoms with Crippen LogP contribution in [0.4, 0.5) is 0 Å². The van der Waals surface area contributed by atoms with Crippen LogP contribution in [-0.2, 0) is 4.57 Å². The molecule has 0 spiro atoms. The number of aromatic nitrogens is 2. The lowest BCUT2D eigenvalue weighted by molar-refractivity contribution is 0.585. The smallest absolute Gasteiger partial charge is 0.160 e. The standard InChI is InChI=1S/C45H35N2OP/c1-3-49(2,48)36-23-15-22-35(29-36)44-39-26-12-10-24-37(39)43(38-25-11-13-27-40(38)44)34-21-14-20-33(28-34)42-30-41(31-16-6-4-7-17-31)46-45(47-42)32-18-8-5-9-19-32/h4-30H,3H2,1-2H3. The molecule has 0 aliphatic heterocycles. The van der Waals surface area contributed by atoms with Crippen molar-refractivity contribution in [3.8, 4) is 56.2 Å². The lowest BCUT2D eigenvalue weighted by Crippen LogP contribution is -2.05. The van der Waals surface area contributed by atoms with Crippen molar-refractivity contribution < 1.29 is 4.57 Å². The SMILES string of the molecule is CCP(C)(=O)c1cccc(-c2c3ccccc3c(-c3cccc(-c4cc(-c5ccccc5)nc(-c5ccccc5)n4)c3)c3ccccc23)c1. The second kappa shape index (κ2) is 12.8. The highest BCUT2D eigenvalue weighted by molar-refractivity contribution is 7.70. The maximum Gasteiger partial charge on any atom is 0.160 e. The average Bonchev–Trinajstić information content (AvgIpc) is 3.17. The Bertz CT molecular complexity index is 2410. The average molecular weight is 651 g/mol. The molecule has 1 heterocycles. The minimum absolute atomic E-state index is 0.638. The molecular formula is C45H35N2OP. The number of hydrogen-bond acceptors (Lipinski definition) is 3. The predicted octanol–water partition coefficient (Wildman–Crippen LogP) is 11.8. The molecule has 0 bridgehead atoms. The van der Waals surface area contributed by atoms with E-state index in [1.54, 1.807) is 0 Å². The molecule has 236 valence electrons. The molecule has 1 aromatic heterocycles. The second-order valence-corrected chi connectivity index (χ2v) is 15.9. The van der Waals surface area contributed by atoms with Crippen molar-refractivity contribution in [2.45, 2.75) is 6.92 Å². The Hall–Kier alpha value is -5.63. The Balaban J connectivity index is 1.35. The van der Waals surface area contributed by atoms with E-state index in [-0.39, 0.29) is 0 Å². The predicted molar refractivity (Wildman–Crippen MR) is 208 cm³/mol. The van der Waals surface area contributed by atoms with E-state index >= 15 is 0 Å². The minimum Gasteiger partial charge on any atom is -0.319 e. The van der Waals surface area contributed by atoms with Gasteiger partial charge in [-0.25, -0.2) is 9.97 Å². The molecule has 4 heteroatoms.